The summed E-state index contributed by atoms with van der Waals surface area (Å²) < 4.78 is 25.1. The van der Waals surface area contributed by atoms with Gasteiger partial charge in [0.05, 0.1) is 11.9 Å². The van der Waals surface area contributed by atoms with Crippen LogP contribution in [0.15, 0.2) is 67.3 Å². The number of carbonyl (C=O) groups is 1. The molecular weight excluding hydrogens is 609 g/mol. The maximum absolute atomic E-state index is 16.9. The fraction of sp³-hybridized carbons (Fsp3) is 0.405. The zero-order valence-corrected chi connectivity index (χ0v) is 26.8. The molecule has 0 saturated carbocycles. The van der Waals surface area contributed by atoms with Crippen molar-refractivity contribution in [3.05, 3.63) is 73.1 Å². The number of hydrogen-bond donors (Lipinski definition) is 1. The number of ether oxygens (including phenoxy) is 1. The number of benzene rings is 3. The Hall–Kier alpha value is -4.77. The van der Waals surface area contributed by atoms with Crippen molar-refractivity contribution in [3.8, 4) is 22.9 Å². The van der Waals surface area contributed by atoms with Crippen molar-refractivity contribution in [2.75, 3.05) is 37.7 Å². The van der Waals surface area contributed by atoms with Crippen LogP contribution in [0.5, 0.6) is 11.8 Å². The Morgan fingerprint density at radius 3 is 2.54 bits per heavy atom. The van der Waals surface area contributed by atoms with Gasteiger partial charge in [0.1, 0.15) is 30.2 Å². The van der Waals surface area contributed by atoms with Gasteiger partial charge in [0.25, 0.3) is 0 Å². The minimum Gasteiger partial charge on any atom is -0.508 e. The third-order valence-corrected chi connectivity index (χ3v) is 11.1. The fourth-order valence-electron chi connectivity index (χ4n) is 8.92. The van der Waals surface area contributed by atoms with E-state index in [1.54, 1.807) is 35.3 Å². The lowest BCUT2D eigenvalue weighted by molar-refractivity contribution is -0.135. The number of phenols is 1. The highest BCUT2D eigenvalue weighted by molar-refractivity contribution is 6.01. The summed E-state index contributed by atoms with van der Waals surface area (Å²) in [5.74, 6) is 0.313. The highest BCUT2D eigenvalue weighted by Crippen LogP contribution is 2.42. The van der Waals surface area contributed by atoms with Crippen LogP contribution in [0.4, 0.5) is 10.2 Å². The van der Waals surface area contributed by atoms with Crippen molar-refractivity contribution in [1.29, 1.82) is 0 Å². The lowest BCUT2D eigenvalue weighted by Gasteiger charge is -2.42. The first-order valence-corrected chi connectivity index (χ1v) is 17.1. The van der Waals surface area contributed by atoms with Gasteiger partial charge >= 0.3 is 6.01 Å². The topological polar surface area (TPSA) is 99.9 Å². The molecule has 9 rings (SSSR count). The Morgan fingerprint density at radius 2 is 1.77 bits per heavy atom. The molecule has 10 nitrogen and oxygen atoms in total. The SMILES string of the molecule is O=C(Cn1ccnc1)N1[C@@H]2CC[C@H]1CN(c1nc(OCC34CCCN3CCC4)nc3c(F)c(-c4cc(O)cc5ccccc45)ccc13)C2. The summed E-state index contributed by atoms with van der Waals surface area (Å²) >= 11 is 0. The van der Waals surface area contributed by atoms with E-state index in [0.29, 0.717) is 42.0 Å². The second kappa shape index (κ2) is 11.4. The van der Waals surface area contributed by atoms with Crippen molar-refractivity contribution in [2.24, 2.45) is 0 Å². The van der Waals surface area contributed by atoms with Crippen molar-refractivity contribution >= 4 is 33.4 Å². The molecule has 246 valence electrons. The molecule has 1 amide bonds. The predicted molar refractivity (Wildman–Crippen MR) is 180 cm³/mol. The quantitative estimate of drug-likeness (QED) is 0.252. The number of hydrogen-bond acceptors (Lipinski definition) is 8. The van der Waals surface area contributed by atoms with Crippen LogP contribution in [0.2, 0.25) is 0 Å². The average Bonchev–Trinajstić information content (AvgIpc) is 3.88. The molecule has 11 heteroatoms. The minimum absolute atomic E-state index is 0.0142. The van der Waals surface area contributed by atoms with Gasteiger partial charge in [0.15, 0.2) is 5.82 Å². The van der Waals surface area contributed by atoms with Crippen LogP contribution in [0.25, 0.3) is 32.8 Å². The first kappa shape index (κ1) is 29.4. The smallest absolute Gasteiger partial charge is 0.319 e. The second-order valence-electron chi connectivity index (χ2n) is 13.9. The molecule has 4 saturated heterocycles. The van der Waals surface area contributed by atoms with Gasteiger partial charge in [-0.3, -0.25) is 9.69 Å². The Bertz CT molecular complexity index is 2010. The Morgan fingerprint density at radius 1 is 0.979 bits per heavy atom. The number of imidazole rings is 1. The standard InChI is InChI=1S/C37H38FN7O3/c38-33-29(31-18-27(46)17-24-5-1-2-6-28(24)31)9-10-30-34(33)40-36(48-22-37-11-3-14-44(37)15-4-12-37)41-35(30)43-19-25-7-8-26(20-43)45(25)32(47)21-42-16-13-39-23-42/h1-2,5-6,9-10,13,16-18,23,25-26,46H,3-4,7-8,11-12,14-15,19-22H2/t25-,26+. The van der Waals surface area contributed by atoms with Crippen LogP contribution in [0.1, 0.15) is 38.5 Å². The first-order valence-electron chi connectivity index (χ1n) is 17.1. The van der Waals surface area contributed by atoms with E-state index >= 15 is 4.39 Å². The van der Waals surface area contributed by atoms with Gasteiger partial charge in [-0.1, -0.05) is 30.3 Å². The number of phenolic OH excluding ortho intramolecular Hbond substituents is 1. The van der Waals surface area contributed by atoms with Crippen LogP contribution in [0, 0.1) is 5.82 Å². The molecule has 5 aromatic rings. The molecule has 48 heavy (non-hydrogen) atoms. The summed E-state index contributed by atoms with van der Waals surface area (Å²) in [5.41, 5.74) is 1.14. The molecule has 4 aliphatic rings. The maximum atomic E-state index is 16.9. The number of rotatable bonds is 7. The molecule has 2 aromatic heterocycles. The number of aromatic nitrogens is 4. The molecule has 4 fully saturated rings. The van der Waals surface area contributed by atoms with Crippen LogP contribution in [-0.4, -0.2) is 90.7 Å². The molecule has 2 atom stereocenters. The first-order chi connectivity index (χ1) is 23.5. The van der Waals surface area contributed by atoms with Crippen LogP contribution in [0.3, 0.4) is 0 Å². The summed E-state index contributed by atoms with van der Waals surface area (Å²) in [4.78, 5) is 34.0. The van der Waals surface area contributed by atoms with E-state index in [1.165, 1.54) is 0 Å². The molecule has 3 aromatic carbocycles. The van der Waals surface area contributed by atoms with E-state index in [1.807, 2.05) is 41.4 Å². The monoisotopic (exact) mass is 647 g/mol. The van der Waals surface area contributed by atoms with Crippen molar-refractivity contribution in [1.82, 2.24) is 29.3 Å². The van der Waals surface area contributed by atoms with E-state index in [2.05, 4.69) is 14.8 Å². The molecule has 6 heterocycles. The number of aromatic hydroxyl groups is 1. The van der Waals surface area contributed by atoms with Gasteiger partial charge in [-0.2, -0.15) is 9.97 Å². The highest BCUT2D eigenvalue weighted by atomic mass is 19.1. The third kappa shape index (κ3) is 4.86. The van der Waals surface area contributed by atoms with E-state index in [0.717, 1.165) is 62.4 Å². The average molecular weight is 648 g/mol. The number of carbonyl (C=O) groups excluding carboxylic acids is 1. The van der Waals surface area contributed by atoms with Gasteiger partial charge in [0.2, 0.25) is 5.91 Å². The lowest BCUT2D eigenvalue weighted by atomic mass is 9.95. The van der Waals surface area contributed by atoms with Crippen LogP contribution < -0.4 is 9.64 Å². The largest absolute Gasteiger partial charge is 0.508 e. The Labute approximate surface area is 277 Å². The normalized spacial score (nSPS) is 21.8. The molecule has 0 spiro atoms. The molecule has 2 bridgehead atoms. The van der Waals surface area contributed by atoms with Crippen LogP contribution >= 0.6 is 0 Å². The number of fused-ring (bicyclic) bond motifs is 5. The van der Waals surface area contributed by atoms with E-state index in [9.17, 15) is 9.90 Å². The van der Waals surface area contributed by atoms with Crippen molar-refractivity contribution in [2.45, 2.75) is 62.7 Å². The van der Waals surface area contributed by atoms with Gasteiger partial charge in [-0.15, -0.1) is 0 Å². The number of halogens is 1. The molecule has 0 aliphatic carbocycles. The summed E-state index contributed by atoms with van der Waals surface area (Å²) in [6, 6.07) is 14.8. The minimum atomic E-state index is -0.476. The van der Waals surface area contributed by atoms with Crippen LogP contribution in [-0.2, 0) is 11.3 Å². The molecule has 1 N–H and O–H groups in total. The van der Waals surface area contributed by atoms with Gasteiger partial charge in [0, 0.05) is 48.5 Å². The Balaban J connectivity index is 1.11. The zero-order chi connectivity index (χ0) is 32.4. The summed E-state index contributed by atoms with van der Waals surface area (Å²) in [6.45, 7) is 4.08. The predicted octanol–water partition coefficient (Wildman–Crippen LogP) is 5.38. The molecule has 4 aliphatic heterocycles. The van der Waals surface area contributed by atoms with Gasteiger partial charge in [-0.05, 0) is 86.1 Å². The number of nitrogens with zero attached hydrogens (tertiary/aromatic N) is 7. The summed E-state index contributed by atoms with van der Waals surface area (Å²) in [7, 11) is 0. The van der Waals surface area contributed by atoms with E-state index < -0.39 is 5.82 Å². The highest BCUT2D eigenvalue weighted by Gasteiger charge is 2.46. The van der Waals surface area contributed by atoms with E-state index in [-0.39, 0.29) is 47.4 Å². The lowest BCUT2D eigenvalue weighted by Crippen LogP contribution is -2.56. The number of amides is 1. The number of anilines is 1. The third-order valence-electron chi connectivity index (χ3n) is 11.1. The Kier molecular flexibility index (Phi) is 7.00. The summed E-state index contributed by atoms with van der Waals surface area (Å²) in [6.07, 6.45) is 11.4. The van der Waals surface area contributed by atoms with Gasteiger partial charge < -0.3 is 24.2 Å². The maximum Gasteiger partial charge on any atom is 0.319 e. The van der Waals surface area contributed by atoms with Crippen molar-refractivity contribution in [3.63, 3.8) is 0 Å². The van der Waals surface area contributed by atoms with Crippen molar-refractivity contribution < 1.29 is 19.0 Å². The van der Waals surface area contributed by atoms with Gasteiger partial charge in [-0.25, -0.2) is 9.37 Å². The number of piperazine rings is 1. The second-order valence-corrected chi connectivity index (χ2v) is 13.9. The molecule has 0 radical (unpaired) electrons. The summed E-state index contributed by atoms with van der Waals surface area (Å²) in [5, 5.41) is 12.8. The zero-order valence-electron chi connectivity index (χ0n) is 26.8. The van der Waals surface area contributed by atoms with E-state index in [4.69, 9.17) is 14.7 Å². The fourth-order valence-corrected chi connectivity index (χ4v) is 8.92. The molecule has 0 unspecified atom stereocenters. The molecular formula is C37H38FN7O3.